The summed E-state index contributed by atoms with van der Waals surface area (Å²) in [5, 5.41) is 3.28. The lowest BCUT2D eigenvalue weighted by Gasteiger charge is -2.32. The molecule has 0 radical (unpaired) electrons. The van der Waals surface area contributed by atoms with Crippen molar-refractivity contribution in [1.29, 1.82) is 0 Å². The van der Waals surface area contributed by atoms with E-state index in [2.05, 4.69) is 26.1 Å². The standard InChI is InChI=1S/C15H23BrN2O/c1-17-11-13-4-3-7-18(12-13)8-9-19-15-6-2-5-14(16)10-15/h2,5-6,10,13,17H,3-4,7-9,11-12H2,1H3. The molecule has 0 aliphatic carbocycles. The van der Waals surface area contributed by atoms with Gasteiger partial charge in [-0.15, -0.1) is 0 Å². The quantitative estimate of drug-likeness (QED) is 0.870. The van der Waals surface area contributed by atoms with Crippen LogP contribution in [0.2, 0.25) is 0 Å². The van der Waals surface area contributed by atoms with E-state index in [1.54, 1.807) is 0 Å². The van der Waals surface area contributed by atoms with Gasteiger partial charge in [0.2, 0.25) is 0 Å². The molecule has 1 heterocycles. The Kier molecular flexibility index (Phi) is 6.14. The van der Waals surface area contributed by atoms with Crippen LogP contribution in [0.1, 0.15) is 12.8 Å². The van der Waals surface area contributed by atoms with Crippen molar-refractivity contribution in [3.63, 3.8) is 0 Å². The van der Waals surface area contributed by atoms with E-state index in [4.69, 9.17) is 4.74 Å². The van der Waals surface area contributed by atoms with E-state index in [-0.39, 0.29) is 0 Å². The molecule has 0 aromatic heterocycles. The summed E-state index contributed by atoms with van der Waals surface area (Å²) in [6.45, 7) is 5.32. The highest BCUT2D eigenvalue weighted by atomic mass is 79.9. The highest BCUT2D eigenvalue weighted by Gasteiger charge is 2.18. The van der Waals surface area contributed by atoms with Gasteiger partial charge in [0.25, 0.3) is 0 Å². The number of likely N-dealkylation sites (tertiary alicyclic amines) is 1. The van der Waals surface area contributed by atoms with Crippen molar-refractivity contribution < 1.29 is 4.74 Å². The second-order valence-corrected chi connectivity index (χ2v) is 6.09. The number of benzene rings is 1. The molecule has 1 fully saturated rings. The van der Waals surface area contributed by atoms with Crippen LogP contribution in [0.25, 0.3) is 0 Å². The van der Waals surface area contributed by atoms with Crippen molar-refractivity contribution in [2.75, 3.05) is 39.8 Å². The van der Waals surface area contributed by atoms with Crippen LogP contribution in [0.15, 0.2) is 28.7 Å². The predicted octanol–water partition coefficient (Wildman–Crippen LogP) is 2.76. The lowest BCUT2D eigenvalue weighted by Crippen LogP contribution is -2.40. The van der Waals surface area contributed by atoms with Gasteiger partial charge in [0.05, 0.1) is 0 Å². The summed E-state index contributed by atoms with van der Waals surface area (Å²) in [7, 11) is 2.04. The minimum Gasteiger partial charge on any atom is -0.492 e. The lowest BCUT2D eigenvalue weighted by molar-refractivity contribution is 0.146. The normalized spacial score (nSPS) is 20.4. The average Bonchev–Trinajstić information content (AvgIpc) is 2.40. The number of halogens is 1. The fourth-order valence-electron chi connectivity index (χ4n) is 2.66. The van der Waals surface area contributed by atoms with E-state index < -0.39 is 0 Å². The number of piperidine rings is 1. The third-order valence-electron chi connectivity index (χ3n) is 3.57. The number of hydrogen-bond acceptors (Lipinski definition) is 3. The Hall–Kier alpha value is -0.580. The summed E-state index contributed by atoms with van der Waals surface area (Å²) < 4.78 is 6.86. The fraction of sp³-hybridized carbons (Fsp3) is 0.600. The van der Waals surface area contributed by atoms with Crippen LogP contribution >= 0.6 is 15.9 Å². The van der Waals surface area contributed by atoms with Gasteiger partial charge in [0, 0.05) is 17.6 Å². The summed E-state index contributed by atoms with van der Waals surface area (Å²) in [6, 6.07) is 8.04. The Balaban J connectivity index is 1.70. The molecule has 1 N–H and O–H groups in total. The molecule has 0 bridgehead atoms. The highest BCUT2D eigenvalue weighted by molar-refractivity contribution is 9.10. The molecule has 1 saturated heterocycles. The topological polar surface area (TPSA) is 24.5 Å². The van der Waals surface area contributed by atoms with Crippen molar-refractivity contribution in [1.82, 2.24) is 10.2 Å². The van der Waals surface area contributed by atoms with E-state index >= 15 is 0 Å². The van der Waals surface area contributed by atoms with E-state index in [1.807, 2.05) is 31.3 Å². The number of rotatable bonds is 6. The molecule has 1 aromatic rings. The Bertz CT molecular complexity index is 384. The monoisotopic (exact) mass is 326 g/mol. The number of nitrogens with zero attached hydrogens (tertiary/aromatic N) is 1. The lowest BCUT2D eigenvalue weighted by atomic mass is 9.98. The van der Waals surface area contributed by atoms with Gasteiger partial charge < -0.3 is 10.1 Å². The van der Waals surface area contributed by atoms with Gasteiger partial charge in [0.1, 0.15) is 12.4 Å². The SMILES string of the molecule is CNCC1CCCN(CCOc2cccc(Br)c2)C1. The number of nitrogens with one attached hydrogen (secondary N) is 1. The van der Waals surface area contributed by atoms with Gasteiger partial charge in [-0.05, 0) is 57.1 Å². The zero-order valence-electron chi connectivity index (χ0n) is 11.6. The van der Waals surface area contributed by atoms with Crippen molar-refractivity contribution in [3.8, 4) is 5.75 Å². The van der Waals surface area contributed by atoms with E-state index in [0.29, 0.717) is 0 Å². The Labute approximate surface area is 124 Å². The molecule has 1 aliphatic rings. The Morgan fingerprint density at radius 1 is 1.47 bits per heavy atom. The molecule has 1 aliphatic heterocycles. The van der Waals surface area contributed by atoms with Crippen LogP contribution in [0.5, 0.6) is 5.75 Å². The van der Waals surface area contributed by atoms with Gasteiger partial charge >= 0.3 is 0 Å². The summed E-state index contributed by atoms with van der Waals surface area (Å²) in [4.78, 5) is 2.52. The fourth-order valence-corrected chi connectivity index (χ4v) is 3.04. The van der Waals surface area contributed by atoms with Crippen LogP contribution in [-0.2, 0) is 0 Å². The summed E-state index contributed by atoms with van der Waals surface area (Å²) >= 11 is 3.46. The molecule has 4 heteroatoms. The van der Waals surface area contributed by atoms with E-state index in [0.717, 1.165) is 35.8 Å². The van der Waals surface area contributed by atoms with Crippen LogP contribution < -0.4 is 10.1 Å². The second-order valence-electron chi connectivity index (χ2n) is 5.17. The van der Waals surface area contributed by atoms with Crippen LogP contribution in [0, 0.1) is 5.92 Å². The molecule has 106 valence electrons. The largest absolute Gasteiger partial charge is 0.492 e. The maximum atomic E-state index is 5.80. The minimum atomic E-state index is 0.767. The van der Waals surface area contributed by atoms with Gasteiger partial charge in [-0.1, -0.05) is 22.0 Å². The molecule has 1 atom stereocenters. The smallest absolute Gasteiger partial charge is 0.120 e. The molecule has 0 amide bonds. The third kappa shape index (κ3) is 5.13. The molecule has 19 heavy (non-hydrogen) atoms. The third-order valence-corrected chi connectivity index (χ3v) is 4.06. The van der Waals surface area contributed by atoms with Crippen molar-refractivity contribution >= 4 is 15.9 Å². The van der Waals surface area contributed by atoms with Gasteiger partial charge in [-0.2, -0.15) is 0 Å². The Morgan fingerprint density at radius 3 is 3.16 bits per heavy atom. The first-order valence-electron chi connectivity index (χ1n) is 7.03. The van der Waals surface area contributed by atoms with Crippen molar-refractivity contribution in [2.24, 2.45) is 5.92 Å². The minimum absolute atomic E-state index is 0.767. The van der Waals surface area contributed by atoms with Gasteiger partial charge in [-0.3, -0.25) is 4.90 Å². The molecule has 1 unspecified atom stereocenters. The maximum absolute atomic E-state index is 5.80. The molecule has 0 spiro atoms. The molecule has 0 saturated carbocycles. The van der Waals surface area contributed by atoms with Crippen molar-refractivity contribution in [2.45, 2.75) is 12.8 Å². The Morgan fingerprint density at radius 2 is 2.37 bits per heavy atom. The second kappa shape index (κ2) is 7.88. The first-order valence-corrected chi connectivity index (χ1v) is 7.82. The van der Waals surface area contributed by atoms with Crippen LogP contribution in [0.4, 0.5) is 0 Å². The zero-order chi connectivity index (χ0) is 13.5. The van der Waals surface area contributed by atoms with Crippen LogP contribution in [-0.4, -0.2) is 44.7 Å². The number of hydrogen-bond donors (Lipinski definition) is 1. The molecule has 3 nitrogen and oxygen atoms in total. The first kappa shape index (κ1) is 14.8. The summed E-state index contributed by atoms with van der Waals surface area (Å²) in [6.07, 6.45) is 2.66. The highest BCUT2D eigenvalue weighted by Crippen LogP contribution is 2.18. The maximum Gasteiger partial charge on any atom is 0.120 e. The van der Waals surface area contributed by atoms with Gasteiger partial charge in [0.15, 0.2) is 0 Å². The first-order chi connectivity index (χ1) is 9.28. The van der Waals surface area contributed by atoms with Crippen LogP contribution in [0.3, 0.4) is 0 Å². The number of ether oxygens (including phenoxy) is 1. The molecule has 1 aromatic carbocycles. The van der Waals surface area contributed by atoms with E-state index in [1.165, 1.54) is 25.9 Å². The molecule has 2 rings (SSSR count). The summed E-state index contributed by atoms with van der Waals surface area (Å²) in [5.41, 5.74) is 0. The molecular weight excluding hydrogens is 304 g/mol. The van der Waals surface area contributed by atoms with Crippen molar-refractivity contribution in [3.05, 3.63) is 28.7 Å². The average molecular weight is 327 g/mol. The predicted molar refractivity (Wildman–Crippen MR) is 82.7 cm³/mol. The summed E-state index contributed by atoms with van der Waals surface area (Å²) in [5.74, 6) is 1.74. The van der Waals surface area contributed by atoms with E-state index in [9.17, 15) is 0 Å². The zero-order valence-corrected chi connectivity index (χ0v) is 13.2. The molecular formula is C15H23BrN2O. The van der Waals surface area contributed by atoms with Gasteiger partial charge in [-0.25, -0.2) is 0 Å².